The quantitative estimate of drug-likeness (QED) is 0.871. The molecule has 1 aliphatic carbocycles. The number of halogens is 2. The summed E-state index contributed by atoms with van der Waals surface area (Å²) in [5, 5.41) is 0.0997. The number of aromatic nitrogens is 2. The van der Waals surface area contributed by atoms with Gasteiger partial charge in [-0.1, -0.05) is 17.7 Å². The first-order valence-corrected chi connectivity index (χ1v) is 7.74. The van der Waals surface area contributed by atoms with E-state index in [9.17, 15) is 9.18 Å². The highest BCUT2D eigenvalue weighted by Gasteiger charge is 2.42. The average molecular weight is 320 g/mol. The molecule has 1 amide bonds. The number of nitrogens with zero attached hydrogens (tertiary/aromatic N) is 3. The third kappa shape index (κ3) is 2.29. The molecule has 6 heteroatoms. The molecule has 1 fully saturated rings. The summed E-state index contributed by atoms with van der Waals surface area (Å²) in [5.74, 6) is 0.0565. The van der Waals surface area contributed by atoms with Gasteiger partial charge in [0.2, 0.25) is 5.91 Å². The topological polar surface area (TPSA) is 38.1 Å². The van der Waals surface area contributed by atoms with E-state index in [1.54, 1.807) is 23.5 Å². The Balaban J connectivity index is 1.62. The maximum atomic E-state index is 13.6. The van der Waals surface area contributed by atoms with Crippen molar-refractivity contribution in [1.29, 1.82) is 0 Å². The minimum Gasteiger partial charge on any atom is -0.331 e. The first-order chi connectivity index (χ1) is 10.6. The summed E-state index contributed by atoms with van der Waals surface area (Å²) in [6.45, 7) is 0.896. The standard InChI is InChI=1S/C16H15ClFN3O/c17-13-4-1-10(5-14(13)18)7-20-8-12-6-19-9-21(12)15(16(20)22)11-2-3-11/h1,4-6,9,11,15H,2-3,7-8H2. The summed E-state index contributed by atoms with van der Waals surface area (Å²) in [7, 11) is 0. The summed E-state index contributed by atoms with van der Waals surface area (Å²) in [4.78, 5) is 18.7. The Bertz CT molecular complexity index is 741. The maximum absolute atomic E-state index is 13.6. The van der Waals surface area contributed by atoms with Gasteiger partial charge >= 0.3 is 0 Å². The van der Waals surface area contributed by atoms with Gasteiger partial charge in [-0.25, -0.2) is 9.37 Å². The van der Waals surface area contributed by atoms with Crippen molar-refractivity contribution in [3.63, 3.8) is 0 Å². The van der Waals surface area contributed by atoms with Crippen molar-refractivity contribution in [2.24, 2.45) is 5.92 Å². The zero-order valence-corrected chi connectivity index (χ0v) is 12.6. The Kier molecular flexibility index (Phi) is 3.18. The highest BCUT2D eigenvalue weighted by atomic mass is 35.5. The fraction of sp³-hybridized carbons (Fsp3) is 0.375. The second-order valence-corrected chi connectivity index (χ2v) is 6.42. The lowest BCUT2D eigenvalue weighted by atomic mass is 10.1. The molecular formula is C16H15ClFN3O. The number of rotatable bonds is 3. The molecule has 1 atom stereocenters. The van der Waals surface area contributed by atoms with E-state index in [1.165, 1.54) is 12.1 Å². The zero-order valence-electron chi connectivity index (χ0n) is 11.9. The van der Waals surface area contributed by atoms with Crippen LogP contribution in [0.2, 0.25) is 5.02 Å². The van der Waals surface area contributed by atoms with E-state index >= 15 is 0 Å². The smallest absolute Gasteiger partial charge is 0.246 e. The number of benzene rings is 1. The van der Waals surface area contributed by atoms with E-state index in [1.807, 2.05) is 4.57 Å². The Morgan fingerprint density at radius 1 is 1.36 bits per heavy atom. The molecule has 22 heavy (non-hydrogen) atoms. The van der Waals surface area contributed by atoms with E-state index in [2.05, 4.69) is 4.98 Å². The Morgan fingerprint density at radius 2 is 2.18 bits per heavy atom. The Morgan fingerprint density at radius 3 is 2.91 bits per heavy atom. The molecule has 1 aliphatic heterocycles. The number of amides is 1. The van der Waals surface area contributed by atoms with E-state index in [0.29, 0.717) is 19.0 Å². The lowest BCUT2D eigenvalue weighted by Gasteiger charge is -2.34. The molecule has 2 aromatic rings. The predicted octanol–water partition coefficient (Wildman–Crippen LogP) is 3.17. The van der Waals surface area contributed by atoms with Crippen LogP contribution in [0.1, 0.15) is 30.1 Å². The fourth-order valence-electron chi connectivity index (χ4n) is 3.12. The molecule has 1 unspecified atom stereocenters. The predicted molar refractivity (Wildman–Crippen MR) is 79.7 cm³/mol. The molecule has 0 bridgehead atoms. The van der Waals surface area contributed by atoms with Crippen LogP contribution in [0, 0.1) is 11.7 Å². The summed E-state index contributed by atoms with van der Waals surface area (Å²) in [5.41, 5.74) is 1.78. The van der Waals surface area contributed by atoms with Crippen LogP contribution in [-0.2, 0) is 17.9 Å². The van der Waals surface area contributed by atoms with Crippen molar-refractivity contribution >= 4 is 17.5 Å². The molecular weight excluding hydrogens is 305 g/mol. The third-order valence-corrected chi connectivity index (χ3v) is 4.70. The normalized spacial score (nSPS) is 21.1. The van der Waals surface area contributed by atoms with Crippen LogP contribution in [0.25, 0.3) is 0 Å². The molecule has 1 saturated carbocycles. The van der Waals surface area contributed by atoms with Gasteiger partial charge in [0, 0.05) is 12.7 Å². The van der Waals surface area contributed by atoms with Gasteiger partial charge in [-0.15, -0.1) is 0 Å². The number of carbonyl (C=O) groups is 1. The van der Waals surface area contributed by atoms with Gasteiger partial charge in [0.25, 0.3) is 0 Å². The lowest BCUT2D eigenvalue weighted by molar-refractivity contribution is -0.138. The van der Waals surface area contributed by atoms with Gasteiger partial charge in [-0.05, 0) is 36.5 Å². The summed E-state index contributed by atoms with van der Waals surface area (Å²) in [6.07, 6.45) is 5.71. The Labute approximate surface area is 132 Å². The summed E-state index contributed by atoms with van der Waals surface area (Å²) < 4.78 is 15.6. The fourth-order valence-corrected chi connectivity index (χ4v) is 3.23. The average Bonchev–Trinajstić information content (AvgIpc) is 3.22. The minimum atomic E-state index is -0.451. The van der Waals surface area contributed by atoms with Crippen LogP contribution in [0.3, 0.4) is 0 Å². The molecule has 0 radical (unpaired) electrons. The van der Waals surface area contributed by atoms with Gasteiger partial charge in [0.15, 0.2) is 0 Å². The minimum absolute atomic E-state index is 0.0997. The molecule has 0 saturated heterocycles. The van der Waals surface area contributed by atoms with E-state index in [-0.39, 0.29) is 17.0 Å². The van der Waals surface area contributed by atoms with Crippen LogP contribution in [0.4, 0.5) is 4.39 Å². The van der Waals surface area contributed by atoms with Crippen LogP contribution in [0.5, 0.6) is 0 Å². The molecule has 4 nitrogen and oxygen atoms in total. The largest absolute Gasteiger partial charge is 0.331 e. The van der Waals surface area contributed by atoms with E-state index < -0.39 is 5.82 Å². The van der Waals surface area contributed by atoms with Gasteiger partial charge in [-0.2, -0.15) is 0 Å². The van der Waals surface area contributed by atoms with E-state index in [0.717, 1.165) is 24.1 Å². The number of imidazole rings is 1. The van der Waals surface area contributed by atoms with Gasteiger partial charge in [0.1, 0.15) is 11.9 Å². The molecule has 1 aromatic heterocycles. The monoisotopic (exact) mass is 319 g/mol. The first-order valence-electron chi connectivity index (χ1n) is 7.37. The first kappa shape index (κ1) is 13.8. The maximum Gasteiger partial charge on any atom is 0.246 e. The number of hydrogen-bond donors (Lipinski definition) is 0. The third-order valence-electron chi connectivity index (χ3n) is 4.39. The molecule has 114 valence electrons. The molecule has 2 aliphatic rings. The SMILES string of the molecule is O=C1C(C2CC2)n2cncc2CN1Cc1ccc(Cl)c(F)c1. The Hall–Kier alpha value is -1.88. The van der Waals surface area contributed by atoms with Crippen molar-refractivity contribution in [3.05, 3.63) is 52.8 Å². The van der Waals surface area contributed by atoms with Gasteiger partial charge < -0.3 is 9.47 Å². The summed E-state index contributed by atoms with van der Waals surface area (Å²) >= 11 is 5.71. The van der Waals surface area contributed by atoms with Crippen LogP contribution in [0.15, 0.2) is 30.7 Å². The summed E-state index contributed by atoms with van der Waals surface area (Å²) in [6, 6.07) is 4.54. The molecule has 4 rings (SSSR count). The van der Waals surface area contributed by atoms with E-state index in [4.69, 9.17) is 11.6 Å². The molecule has 2 heterocycles. The van der Waals surface area contributed by atoms with Crippen molar-refractivity contribution < 1.29 is 9.18 Å². The van der Waals surface area contributed by atoms with Gasteiger partial charge in [-0.3, -0.25) is 4.79 Å². The number of carbonyl (C=O) groups excluding carboxylic acids is 1. The number of hydrogen-bond acceptors (Lipinski definition) is 2. The van der Waals surface area contributed by atoms with Crippen LogP contribution < -0.4 is 0 Å². The van der Waals surface area contributed by atoms with Crippen molar-refractivity contribution in [1.82, 2.24) is 14.5 Å². The van der Waals surface area contributed by atoms with Gasteiger partial charge in [0.05, 0.1) is 23.6 Å². The highest BCUT2D eigenvalue weighted by Crippen LogP contribution is 2.43. The molecule has 0 spiro atoms. The highest BCUT2D eigenvalue weighted by molar-refractivity contribution is 6.30. The second kappa shape index (κ2) is 5.09. The molecule has 1 aromatic carbocycles. The second-order valence-electron chi connectivity index (χ2n) is 6.02. The number of fused-ring (bicyclic) bond motifs is 1. The van der Waals surface area contributed by atoms with Crippen molar-refractivity contribution in [2.75, 3.05) is 0 Å². The lowest BCUT2D eigenvalue weighted by Crippen LogP contribution is -2.42. The van der Waals surface area contributed by atoms with Crippen LogP contribution >= 0.6 is 11.6 Å². The zero-order chi connectivity index (χ0) is 15.3. The van der Waals surface area contributed by atoms with Crippen LogP contribution in [-0.4, -0.2) is 20.4 Å². The molecule has 0 N–H and O–H groups in total. The van der Waals surface area contributed by atoms with Crippen molar-refractivity contribution in [3.8, 4) is 0 Å². The van der Waals surface area contributed by atoms with Crippen molar-refractivity contribution in [2.45, 2.75) is 32.0 Å².